The minimum absolute atomic E-state index is 0.118. The van der Waals surface area contributed by atoms with Crippen molar-refractivity contribution in [1.29, 1.82) is 0 Å². The lowest BCUT2D eigenvalue weighted by Gasteiger charge is -2.39. The average Bonchev–Trinajstić information content (AvgIpc) is 3.33. The van der Waals surface area contributed by atoms with Crippen molar-refractivity contribution in [2.75, 3.05) is 6.61 Å². The van der Waals surface area contributed by atoms with E-state index in [9.17, 15) is 9.90 Å². The summed E-state index contributed by atoms with van der Waals surface area (Å²) < 4.78 is 30.4. The first-order chi connectivity index (χ1) is 13.5. The van der Waals surface area contributed by atoms with Gasteiger partial charge in [-0.3, -0.25) is 13.8 Å². The zero-order chi connectivity index (χ0) is 21.1. The molecule has 0 aliphatic carbocycles. The van der Waals surface area contributed by atoms with E-state index < -0.39 is 32.9 Å². The maximum atomic E-state index is 15.5. The highest BCUT2D eigenvalue weighted by Gasteiger charge is 2.51. The number of hydrogen-bond acceptors (Lipinski definition) is 6. The van der Waals surface area contributed by atoms with Crippen LogP contribution in [0.4, 0.5) is 4.39 Å². The molecule has 0 unspecified atom stereocenters. The molecule has 29 heavy (non-hydrogen) atoms. The molecule has 11 heteroatoms. The van der Waals surface area contributed by atoms with Crippen molar-refractivity contribution in [2.24, 2.45) is 0 Å². The van der Waals surface area contributed by atoms with Crippen LogP contribution in [0.15, 0.2) is 23.5 Å². The molecule has 0 spiro atoms. The zero-order valence-corrected chi connectivity index (χ0v) is 18.1. The summed E-state index contributed by atoms with van der Waals surface area (Å²) in [7, 11) is -2.30. The summed E-state index contributed by atoms with van der Waals surface area (Å²) in [6, 6.07) is 0. The van der Waals surface area contributed by atoms with E-state index in [0.717, 1.165) is 0 Å². The van der Waals surface area contributed by atoms with Crippen LogP contribution in [0.2, 0.25) is 18.1 Å². The summed E-state index contributed by atoms with van der Waals surface area (Å²) in [4.78, 5) is 24.0. The molecule has 0 aromatic carbocycles. The van der Waals surface area contributed by atoms with Crippen LogP contribution in [0.3, 0.4) is 0 Å². The quantitative estimate of drug-likeness (QED) is 0.622. The molecule has 0 bridgehead atoms. The third-order valence-corrected chi connectivity index (χ3v) is 10.5. The topological polar surface area (TPSA) is 107 Å². The Morgan fingerprint density at radius 3 is 2.79 bits per heavy atom. The van der Waals surface area contributed by atoms with Gasteiger partial charge in [0.1, 0.15) is 12.2 Å². The number of fused-ring (bicyclic) bond motifs is 2. The molecule has 1 aliphatic heterocycles. The Balaban J connectivity index is 1.73. The van der Waals surface area contributed by atoms with E-state index in [4.69, 9.17) is 9.16 Å². The number of halogens is 1. The number of aromatic nitrogens is 5. The number of nitrogens with one attached hydrogen (secondary N) is 1. The number of aliphatic hydroxyl groups is 1. The van der Waals surface area contributed by atoms with E-state index in [-0.39, 0.29) is 28.4 Å². The highest BCUT2D eigenvalue weighted by atomic mass is 28.4. The fourth-order valence-corrected chi connectivity index (χ4v) is 4.63. The van der Waals surface area contributed by atoms with Crippen LogP contribution >= 0.6 is 0 Å². The van der Waals surface area contributed by atoms with Crippen LogP contribution in [0, 0.1) is 0 Å². The Bertz CT molecular complexity index is 1100. The first-order valence-corrected chi connectivity index (χ1v) is 12.5. The van der Waals surface area contributed by atoms with Crippen molar-refractivity contribution in [3.8, 4) is 0 Å². The van der Waals surface area contributed by atoms with Gasteiger partial charge in [-0.25, -0.2) is 9.37 Å². The summed E-state index contributed by atoms with van der Waals surface area (Å²) in [5, 5.41) is 9.66. The monoisotopic (exact) mass is 423 g/mol. The maximum absolute atomic E-state index is 15.5. The number of H-pyrrole nitrogens is 1. The second-order valence-corrected chi connectivity index (χ2v) is 13.7. The number of hydrogen-bond donors (Lipinski definition) is 2. The summed E-state index contributed by atoms with van der Waals surface area (Å²) in [5.41, 5.74) is -0.0202. The van der Waals surface area contributed by atoms with Crippen LogP contribution in [0.5, 0.6) is 0 Å². The van der Waals surface area contributed by atoms with Gasteiger partial charge in [-0.1, -0.05) is 20.8 Å². The van der Waals surface area contributed by atoms with Crippen LogP contribution in [0.1, 0.15) is 27.0 Å². The standard InChI is InChI=1S/C18H26FN5O4Si/c1-18(2,3)29(4,5)28-13-10(8-25)27-16(11(13)19)24-9-21-12-14(24)22-17-20-6-7-23(17)15(12)26/h6-7,9-11,13,16,25H,8H2,1-5H3,(H,20,22)/t10-,11+,13-,16-/m1/s1. The summed E-state index contributed by atoms with van der Waals surface area (Å²) in [5.74, 6) is 0.324. The lowest BCUT2D eigenvalue weighted by Crippen LogP contribution is -2.49. The highest BCUT2D eigenvalue weighted by molar-refractivity contribution is 6.74. The van der Waals surface area contributed by atoms with Gasteiger partial charge in [0, 0.05) is 12.4 Å². The Morgan fingerprint density at radius 1 is 1.41 bits per heavy atom. The molecule has 2 N–H and O–H groups in total. The van der Waals surface area contributed by atoms with E-state index in [2.05, 4.69) is 35.7 Å². The van der Waals surface area contributed by atoms with Crippen molar-refractivity contribution in [3.05, 3.63) is 29.1 Å². The molecule has 158 valence electrons. The average molecular weight is 424 g/mol. The first-order valence-electron chi connectivity index (χ1n) is 9.55. The van der Waals surface area contributed by atoms with Gasteiger partial charge < -0.3 is 19.3 Å². The van der Waals surface area contributed by atoms with Crippen LogP contribution < -0.4 is 5.56 Å². The Hall–Kier alpha value is -2.08. The largest absolute Gasteiger partial charge is 0.408 e. The molecule has 0 saturated carbocycles. The molecule has 1 saturated heterocycles. The van der Waals surface area contributed by atoms with Gasteiger partial charge in [0.2, 0.25) is 5.78 Å². The maximum Gasteiger partial charge on any atom is 0.287 e. The third kappa shape index (κ3) is 3.12. The van der Waals surface area contributed by atoms with E-state index in [1.807, 2.05) is 13.1 Å². The number of alkyl halides is 1. The molecular formula is C18H26FN5O4Si. The zero-order valence-electron chi connectivity index (χ0n) is 17.1. The van der Waals surface area contributed by atoms with Gasteiger partial charge in [0.05, 0.1) is 12.9 Å². The van der Waals surface area contributed by atoms with Gasteiger partial charge in [-0.15, -0.1) is 0 Å². The lowest BCUT2D eigenvalue weighted by molar-refractivity contribution is -0.0445. The van der Waals surface area contributed by atoms with E-state index in [0.29, 0.717) is 5.78 Å². The number of ether oxygens (including phenoxy) is 1. The number of nitrogens with zero attached hydrogens (tertiary/aromatic N) is 4. The Labute approximate surface area is 167 Å². The molecule has 3 aromatic rings. The van der Waals surface area contributed by atoms with Crippen molar-refractivity contribution in [1.82, 2.24) is 23.9 Å². The minimum atomic E-state index is -2.30. The number of aromatic amines is 1. The molecule has 4 atom stereocenters. The second-order valence-electron chi connectivity index (χ2n) is 8.93. The van der Waals surface area contributed by atoms with Crippen molar-refractivity contribution in [3.63, 3.8) is 0 Å². The van der Waals surface area contributed by atoms with E-state index in [1.54, 1.807) is 12.4 Å². The third-order valence-electron chi connectivity index (χ3n) is 6.02. The van der Waals surface area contributed by atoms with Crippen molar-refractivity contribution >= 4 is 25.3 Å². The SMILES string of the molecule is CC(C)(C)[Si](C)(C)O[C@H]1[C@H](F)[C@H](n2cnc3c(=O)n4cc[nH]c4nc32)O[C@@H]1CO. The van der Waals surface area contributed by atoms with Gasteiger partial charge in [-0.05, 0) is 18.1 Å². The fourth-order valence-electron chi connectivity index (χ4n) is 3.32. The van der Waals surface area contributed by atoms with Crippen molar-refractivity contribution < 1.29 is 18.7 Å². The Kier molecular flexibility index (Phi) is 4.68. The molecule has 1 fully saturated rings. The first kappa shape index (κ1) is 20.2. The molecule has 9 nitrogen and oxygen atoms in total. The normalized spacial score (nSPS) is 26.0. The summed E-state index contributed by atoms with van der Waals surface area (Å²) >= 11 is 0. The molecule has 0 radical (unpaired) electrons. The number of rotatable bonds is 4. The molecule has 0 amide bonds. The van der Waals surface area contributed by atoms with E-state index in [1.165, 1.54) is 15.3 Å². The van der Waals surface area contributed by atoms with Gasteiger partial charge in [-0.2, -0.15) is 4.98 Å². The van der Waals surface area contributed by atoms with Crippen molar-refractivity contribution in [2.45, 2.75) is 63.5 Å². The minimum Gasteiger partial charge on any atom is -0.408 e. The van der Waals surface area contributed by atoms with E-state index >= 15 is 4.39 Å². The van der Waals surface area contributed by atoms with Crippen LogP contribution in [-0.2, 0) is 9.16 Å². The number of aliphatic hydroxyl groups excluding tert-OH is 1. The predicted molar refractivity (Wildman–Crippen MR) is 107 cm³/mol. The van der Waals surface area contributed by atoms with Crippen LogP contribution in [0.25, 0.3) is 16.9 Å². The molecule has 3 aromatic heterocycles. The van der Waals surface area contributed by atoms with Gasteiger partial charge >= 0.3 is 0 Å². The summed E-state index contributed by atoms with van der Waals surface area (Å²) in [6.07, 6.45) is 0.0908. The molecule has 4 rings (SSSR count). The smallest absolute Gasteiger partial charge is 0.287 e. The molecule has 4 heterocycles. The highest BCUT2D eigenvalue weighted by Crippen LogP contribution is 2.42. The summed E-state index contributed by atoms with van der Waals surface area (Å²) in [6.45, 7) is 9.87. The van der Waals surface area contributed by atoms with Crippen LogP contribution in [-0.4, -0.2) is 62.3 Å². The lowest BCUT2D eigenvalue weighted by atomic mass is 10.1. The Morgan fingerprint density at radius 2 is 2.14 bits per heavy atom. The second kappa shape index (κ2) is 6.72. The number of imidazole rings is 2. The fraction of sp³-hybridized carbons (Fsp3) is 0.611. The predicted octanol–water partition coefficient (Wildman–Crippen LogP) is 1.99. The van der Waals surface area contributed by atoms with Gasteiger partial charge in [0.25, 0.3) is 5.56 Å². The van der Waals surface area contributed by atoms with Gasteiger partial charge in [0.15, 0.2) is 31.9 Å². The molecular weight excluding hydrogens is 397 g/mol. The molecule has 1 aliphatic rings.